The van der Waals surface area contributed by atoms with Crippen molar-refractivity contribution < 1.29 is 38.2 Å². The van der Waals surface area contributed by atoms with E-state index in [1.165, 1.54) is 11.9 Å². The highest BCUT2D eigenvalue weighted by molar-refractivity contribution is 9.10. The van der Waals surface area contributed by atoms with Gasteiger partial charge < -0.3 is 24.4 Å². The summed E-state index contributed by atoms with van der Waals surface area (Å²) in [7, 11) is 3.08. The Morgan fingerprint density at radius 1 is 1.18 bits per heavy atom. The first kappa shape index (κ1) is 34.1. The molecule has 11 nitrogen and oxygen atoms in total. The molecule has 1 heterocycles. The van der Waals surface area contributed by atoms with Gasteiger partial charge in [-0.1, -0.05) is 40.2 Å². The number of rotatable bonds is 6. The number of carbonyl (C=O) groups excluding carboxylic acids is 5. The molecule has 4 rings (SSSR count). The summed E-state index contributed by atoms with van der Waals surface area (Å²) in [6.07, 6.45) is -0.386. The third kappa shape index (κ3) is 7.94. The number of hydrogen-bond donors (Lipinski definition) is 1. The molecule has 3 aromatic carbocycles. The monoisotopic (exact) mass is 669 g/mol. The van der Waals surface area contributed by atoms with Crippen LogP contribution in [0, 0.1) is 6.92 Å². The van der Waals surface area contributed by atoms with Gasteiger partial charge in [0.2, 0.25) is 5.91 Å². The molecule has 1 N–H and O–H groups in total. The van der Waals surface area contributed by atoms with Gasteiger partial charge in [-0.25, -0.2) is 4.79 Å². The minimum Gasteiger partial charge on any atom is -0.496 e. The standard InChI is InChI=1S/C31H36BrN3O6.CO2/c1-18-9-8-10-25-27(18)40-17-24(33-28(36)19(2)34(6)30(38)41-31(3,4)5)29(37)35(25)16-23-22-13-12-21(32)15-20(22)11-14-26(23)39-7;2-1-3/h8-15,19,24H,16-17H2,1-7H3,(H,33,36);/t19-,24-;/m0./s1. The minimum absolute atomic E-state index is 0.0680. The van der Waals surface area contributed by atoms with Crippen LogP contribution in [0.3, 0.4) is 0 Å². The zero-order valence-corrected chi connectivity index (χ0v) is 27.3. The molecule has 3 aromatic rings. The SMILES string of the molecule is COc1ccc2cc(Br)ccc2c1CN1C(=O)[C@@H](NC(=O)[C@H](C)N(C)C(=O)OC(C)(C)C)COc2c(C)cccc21.O=C=O. The molecule has 1 aliphatic heterocycles. The summed E-state index contributed by atoms with van der Waals surface area (Å²) in [6, 6.07) is 13.5. The van der Waals surface area contributed by atoms with Gasteiger partial charge in [0.15, 0.2) is 0 Å². The molecule has 1 aliphatic rings. The Bertz CT molecular complexity index is 1580. The van der Waals surface area contributed by atoms with Crippen LogP contribution in [-0.4, -0.2) is 67.4 Å². The summed E-state index contributed by atoms with van der Waals surface area (Å²) in [4.78, 5) is 59.1. The zero-order chi connectivity index (χ0) is 32.8. The number of amides is 3. The van der Waals surface area contributed by atoms with E-state index in [1.807, 2.05) is 55.5 Å². The molecular weight excluding hydrogens is 634 g/mol. The fourth-order valence-electron chi connectivity index (χ4n) is 4.67. The van der Waals surface area contributed by atoms with Crippen LogP contribution in [0.1, 0.15) is 38.8 Å². The normalized spacial score (nSPS) is 15.0. The van der Waals surface area contributed by atoms with E-state index in [1.54, 1.807) is 39.7 Å². The van der Waals surface area contributed by atoms with Crippen LogP contribution in [0.4, 0.5) is 10.5 Å². The number of para-hydroxylation sites is 1. The second-order valence-electron chi connectivity index (χ2n) is 11.2. The Morgan fingerprint density at radius 3 is 2.50 bits per heavy atom. The number of hydrogen-bond acceptors (Lipinski definition) is 8. The van der Waals surface area contributed by atoms with Gasteiger partial charge in [0.05, 0.1) is 19.3 Å². The van der Waals surface area contributed by atoms with Crippen molar-refractivity contribution in [2.24, 2.45) is 0 Å². The number of likely N-dealkylation sites (N-methyl/N-ethyl adjacent to an activating group) is 1. The first-order valence-corrected chi connectivity index (χ1v) is 14.6. The van der Waals surface area contributed by atoms with Crippen molar-refractivity contribution in [3.63, 3.8) is 0 Å². The lowest BCUT2D eigenvalue weighted by Crippen LogP contribution is -2.55. The number of nitrogens with zero attached hydrogens (tertiary/aromatic N) is 2. The maximum absolute atomic E-state index is 14.1. The molecule has 0 unspecified atom stereocenters. The lowest BCUT2D eigenvalue weighted by Gasteiger charge is -2.30. The topological polar surface area (TPSA) is 132 Å². The van der Waals surface area contributed by atoms with Gasteiger partial charge in [0.25, 0.3) is 5.91 Å². The summed E-state index contributed by atoms with van der Waals surface area (Å²) >= 11 is 3.53. The van der Waals surface area contributed by atoms with Gasteiger partial charge in [-0.2, -0.15) is 9.59 Å². The molecule has 0 spiro atoms. The van der Waals surface area contributed by atoms with Crippen molar-refractivity contribution in [3.8, 4) is 11.5 Å². The summed E-state index contributed by atoms with van der Waals surface area (Å²) < 4.78 is 18.2. The molecule has 12 heteroatoms. The van der Waals surface area contributed by atoms with Crippen molar-refractivity contribution in [2.45, 2.75) is 58.8 Å². The Hall–Kier alpha value is -4.41. The largest absolute Gasteiger partial charge is 0.496 e. The van der Waals surface area contributed by atoms with E-state index < -0.39 is 29.7 Å². The van der Waals surface area contributed by atoms with Crippen molar-refractivity contribution in [1.82, 2.24) is 10.2 Å². The van der Waals surface area contributed by atoms with E-state index in [2.05, 4.69) is 21.2 Å². The molecule has 0 saturated carbocycles. The van der Waals surface area contributed by atoms with Crippen LogP contribution in [-0.2, 0) is 30.5 Å². The van der Waals surface area contributed by atoms with Crippen LogP contribution >= 0.6 is 15.9 Å². The van der Waals surface area contributed by atoms with Gasteiger partial charge in [-0.3, -0.25) is 14.5 Å². The second kappa shape index (κ2) is 14.4. The summed E-state index contributed by atoms with van der Waals surface area (Å²) in [6.45, 7) is 8.86. The molecule has 0 aliphatic carbocycles. The predicted octanol–water partition coefficient (Wildman–Crippen LogP) is 5.00. The number of benzene rings is 3. The van der Waals surface area contributed by atoms with E-state index in [4.69, 9.17) is 23.8 Å². The molecule has 3 amide bonds. The molecule has 0 fully saturated rings. The zero-order valence-electron chi connectivity index (χ0n) is 25.7. The predicted molar refractivity (Wildman–Crippen MR) is 166 cm³/mol. The van der Waals surface area contributed by atoms with Crippen LogP contribution < -0.4 is 19.7 Å². The van der Waals surface area contributed by atoms with Gasteiger partial charge in [-0.05, 0) is 75.2 Å². The maximum atomic E-state index is 14.1. The van der Waals surface area contributed by atoms with Crippen LogP contribution in [0.15, 0.2) is 53.0 Å². The smallest absolute Gasteiger partial charge is 0.410 e. The van der Waals surface area contributed by atoms with E-state index in [9.17, 15) is 14.4 Å². The number of ether oxygens (including phenoxy) is 3. The first-order chi connectivity index (χ1) is 20.7. The minimum atomic E-state index is -1.00. The van der Waals surface area contributed by atoms with Gasteiger partial charge >= 0.3 is 12.2 Å². The summed E-state index contributed by atoms with van der Waals surface area (Å²) in [5.41, 5.74) is 1.57. The Morgan fingerprint density at radius 2 is 1.86 bits per heavy atom. The number of fused-ring (bicyclic) bond motifs is 2. The number of nitrogens with one attached hydrogen (secondary N) is 1. The highest BCUT2D eigenvalue weighted by Crippen LogP contribution is 2.38. The molecular formula is C32H36BrN3O8. The highest BCUT2D eigenvalue weighted by Gasteiger charge is 2.36. The Kier molecular flexibility index (Phi) is 11.1. The van der Waals surface area contributed by atoms with Crippen molar-refractivity contribution >= 4 is 56.4 Å². The number of carbonyl (C=O) groups is 3. The fourth-order valence-corrected chi connectivity index (χ4v) is 5.05. The number of halogens is 1. The van der Waals surface area contributed by atoms with Crippen LogP contribution in [0.25, 0.3) is 10.8 Å². The Balaban J connectivity index is 0.00000169. The maximum Gasteiger partial charge on any atom is 0.410 e. The van der Waals surface area contributed by atoms with Crippen molar-refractivity contribution in [3.05, 3.63) is 64.1 Å². The molecule has 2 atom stereocenters. The van der Waals surface area contributed by atoms with Gasteiger partial charge in [0, 0.05) is 17.1 Å². The lowest BCUT2D eigenvalue weighted by atomic mass is 10.0. The summed E-state index contributed by atoms with van der Waals surface area (Å²) in [5, 5.41) is 4.73. The van der Waals surface area contributed by atoms with E-state index in [0.29, 0.717) is 17.2 Å². The van der Waals surface area contributed by atoms with Crippen molar-refractivity contribution in [2.75, 3.05) is 25.7 Å². The first-order valence-electron chi connectivity index (χ1n) is 13.8. The van der Waals surface area contributed by atoms with Crippen LogP contribution in [0.5, 0.6) is 11.5 Å². The fraction of sp³-hybridized carbons (Fsp3) is 0.375. The molecule has 234 valence electrons. The lowest BCUT2D eigenvalue weighted by molar-refractivity contribution is -0.191. The third-order valence-corrected chi connectivity index (χ3v) is 7.48. The number of aryl methyl sites for hydroxylation is 1. The number of methoxy groups -OCH3 is 1. The van der Waals surface area contributed by atoms with E-state index >= 15 is 0 Å². The third-order valence-electron chi connectivity index (χ3n) is 6.99. The number of anilines is 1. The molecule has 0 bridgehead atoms. The van der Waals surface area contributed by atoms with Crippen molar-refractivity contribution in [1.29, 1.82) is 0 Å². The van der Waals surface area contributed by atoms with E-state index in [-0.39, 0.29) is 25.2 Å². The van der Waals surface area contributed by atoms with E-state index in [0.717, 1.165) is 26.4 Å². The Labute approximate surface area is 264 Å². The average molecular weight is 671 g/mol. The second-order valence-corrected chi connectivity index (χ2v) is 12.1. The molecule has 0 saturated heterocycles. The molecule has 44 heavy (non-hydrogen) atoms. The summed E-state index contributed by atoms with van der Waals surface area (Å²) in [5.74, 6) is 0.361. The highest BCUT2D eigenvalue weighted by atomic mass is 79.9. The average Bonchev–Trinajstić information content (AvgIpc) is 3.08. The van der Waals surface area contributed by atoms with Crippen LogP contribution in [0.2, 0.25) is 0 Å². The molecule has 0 radical (unpaired) electrons. The molecule has 0 aromatic heterocycles. The van der Waals surface area contributed by atoms with Gasteiger partial charge in [0.1, 0.15) is 35.8 Å². The quantitative estimate of drug-likeness (QED) is 0.388. The van der Waals surface area contributed by atoms with Gasteiger partial charge in [-0.15, -0.1) is 0 Å².